The van der Waals surface area contributed by atoms with E-state index < -0.39 is 0 Å². The number of aromatic nitrogens is 1. The minimum atomic E-state index is -0.0855. The van der Waals surface area contributed by atoms with E-state index in [4.69, 9.17) is 9.47 Å². The second kappa shape index (κ2) is 9.61. The molecule has 6 nitrogen and oxygen atoms in total. The van der Waals surface area contributed by atoms with E-state index in [2.05, 4.69) is 39.5 Å². The number of amides is 1. The molecule has 2 aliphatic rings. The monoisotopic (exact) mass is 445 g/mol. The number of nitrogens with zero attached hydrogens (tertiary/aromatic N) is 1. The maximum absolute atomic E-state index is 12.2. The lowest BCUT2D eigenvalue weighted by Crippen LogP contribution is -2.26. The Morgan fingerprint density at radius 2 is 1.82 bits per heavy atom. The first-order chi connectivity index (χ1) is 16.1. The second-order valence-electron chi connectivity index (χ2n) is 9.09. The summed E-state index contributed by atoms with van der Waals surface area (Å²) in [5, 5.41) is 3.02. The highest BCUT2D eigenvalue weighted by Crippen LogP contribution is 2.30. The zero-order chi connectivity index (χ0) is 22.6. The van der Waals surface area contributed by atoms with E-state index in [0.717, 1.165) is 49.1 Å². The van der Waals surface area contributed by atoms with Gasteiger partial charge in [0, 0.05) is 31.0 Å². The smallest absolute Gasteiger partial charge is 0.253 e. The molecule has 172 valence electrons. The fourth-order valence-electron chi connectivity index (χ4n) is 4.17. The molecule has 2 atom stereocenters. The van der Waals surface area contributed by atoms with Crippen LogP contribution in [0.25, 0.3) is 0 Å². The van der Waals surface area contributed by atoms with E-state index in [9.17, 15) is 4.79 Å². The summed E-state index contributed by atoms with van der Waals surface area (Å²) in [6.45, 7) is 4.67. The first kappa shape index (κ1) is 21.4. The number of anilines is 1. The number of ether oxygens (including phenoxy) is 2. The van der Waals surface area contributed by atoms with E-state index in [1.54, 1.807) is 18.5 Å². The summed E-state index contributed by atoms with van der Waals surface area (Å²) < 4.78 is 12.1. The van der Waals surface area contributed by atoms with Gasteiger partial charge in [-0.3, -0.25) is 4.79 Å². The molecule has 6 heteroatoms. The average Bonchev–Trinajstić information content (AvgIpc) is 3.29. The molecule has 1 aromatic heterocycles. The molecule has 2 heterocycles. The van der Waals surface area contributed by atoms with Crippen LogP contribution in [-0.4, -0.2) is 36.7 Å². The summed E-state index contributed by atoms with van der Waals surface area (Å²) in [5.74, 6) is 2.49. The van der Waals surface area contributed by atoms with Crippen molar-refractivity contribution in [2.24, 2.45) is 5.92 Å². The van der Waals surface area contributed by atoms with Crippen LogP contribution in [0.15, 0.2) is 67.0 Å². The molecular formula is C27H31N3O3. The van der Waals surface area contributed by atoms with Crippen LogP contribution in [0, 0.1) is 5.92 Å². The minimum Gasteiger partial charge on any atom is -0.493 e. The van der Waals surface area contributed by atoms with Crippen LogP contribution in [0.1, 0.15) is 48.1 Å². The van der Waals surface area contributed by atoms with Crippen molar-refractivity contribution in [3.8, 4) is 11.5 Å². The Bertz CT molecular complexity index is 1040. The van der Waals surface area contributed by atoms with Crippen molar-refractivity contribution in [1.82, 2.24) is 10.3 Å². The third-order valence-electron chi connectivity index (χ3n) is 6.42. The van der Waals surface area contributed by atoms with Gasteiger partial charge in [0.2, 0.25) is 0 Å². The summed E-state index contributed by atoms with van der Waals surface area (Å²) in [6, 6.07) is 18.1. The Kier molecular flexibility index (Phi) is 6.24. The topological polar surface area (TPSA) is 66.6 Å². The number of carbonyl (C=O) groups excluding carboxylic acids is 1. The Morgan fingerprint density at radius 3 is 2.52 bits per heavy atom. The van der Waals surface area contributed by atoms with Gasteiger partial charge in [-0.1, -0.05) is 12.1 Å². The number of aromatic amines is 1. The maximum Gasteiger partial charge on any atom is 0.253 e. The van der Waals surface area contributed by atoms with Crippen LogP contribution in [0.2, 0.25) is 0 Å². The van der Waals surface area contributed by atoms with Crippen LogP contribution in [0.5, 0.6) is 11.5 Å². The predicted octanol–water partition coefficient (Wildman–Crippen LogP) is 4.95. The number of H-pyrrole nitrogens is 1. The van der Waals surface area contributed by atoms with Gasteiger partial charge in [0.25, 0.3) is 5.91 Å². The van der Waals surface area contributed by atoms with E-state index >= 15 is 0 Å². The van der Waals surface area contributed by atoms with Crippen LogP contribution in [0.4, 0.5) is 5.69 Å². The SMILES string of the molecule is C[C@H](NC(=O)c1cc[nH]c1)c1ccc(O[C@@H]2CCN(c3ccc(OCC4CC4)cc3)C2)cc1. The first-order valence-corrected chi connectivity index (χ1v) is 11.8. The lowest BCUT2D eigenvalue weighted by Gasteiger charge is -2.20. The summed E-state index contributed by atoms with van der Waals surface area (Å²) in [7, 11) is 0. The van der Waals surface area contributed by atoms with E-state index in [1.807, 2.05) is 31.2 Å². The summed E-state index contributed by atoms with van der Waals surface area (Å²) in [4.78, 5) is 17.5. The molecular weight excluding hydrogens is 414 g/mol. The van der Waals surface area contributed by atoms with Gasteiger partial charge in [0.15, 0.2) is 0 Å². The predicted molar refractivity (Wildman–Crippen MR) is 129 cm³/mol. The van der Waals surface area contributed by atoms with Crippen LogP contribution < -0.4 is 19.7 Å². The van der Waals surface area contributed by atoms with E-state index in [-0.39, 0.29) is 18.1 Å². The van der Waals surface area contributed by atoms with Crippen LogP contribution in [-0.2, 0) is 0 Å². The van der Waals surface area contributed by atoms with Crippen LogP contribution >= 0.6 is 0 Å². The maximum atomic E-state index is 12.2. The van der Waals surface area contributed by atoms with Crippen molar-refractivity contribution >= 4 is 11.6 Å². The van der Waals surface area contributed by atoms with Gasteiger partial charge >= 0.3 is 0 Å². The third kappa shape index (κ3) is 5.51. The Balaban J connectivity index is 1.11. The van der Waals surface area contributed by atoms with Gasteiger partial charge in [0.05, 0.1) is 24.8 Å². The van der Waals surface area contributed by atoms with Gasteiger partial charge in [-0.25, -0.2) is 0 Å². The molecule has 1 amide bonds. The molecule has 0 spiro atoms. The van der Waals surface area contributed by atoms with Gasteiger partial charge < -0.3 is 24.7 Å². The van der Waals surface area contributed by atoms with E-state index in [0.29, 0.717) is 5.56 Å². The minimum absolute atomic E-state index is 0.0837. The highest BCUT2D eigenvalue weighted by Gasteiger charge is 2.25. The van der Waals surface area contributed by atoms with Crippen molar-refractivity contribution < 1.29 is 14.3 Å². The molecule has 2 aromatic carbocycles. The van der Waals surface area contributed by atoms with Gasteiger partial charge in [-0.15, -0.1) is 0 Å². The number of hydrogen-bond acceptors (Lipinski definition) is 4. The largest absolute Gasteiger partial charge is 0.493 e. The fraction of sp³-hybridized carbons (Fsp3) is 0.370. The summed E-state index contributed by atoms with van der Waals surface area (Å²) in [5.41, 5.74) is 2.89. The lowest BCUT2D eigenvalue weighted by molar-refractivity contribution is 0.0940. The summed E-state index contributed by atoms with van der Waals surface area (Å²) >= 11 is 0. The molecule has 2 N–H and O–H groups in total. The zero-order valence-electron chi connectivity index (χ0n) is 19.0. The fourth-order valence-corrected chi connectivity index (χ4v) is 4.17. The molecule has 1 saturated carbocycles. The number of carbonyl (C=O) groups is 1. The van der Waals surface area contributed by atoms with Crippen molar-refractivity contribution in [3.63, 3.8) is 0 Å². The van der Waals surface area contributed by atoms with Crippen molar-refractivity contribution in [2.45, 2.75) is 38.3 Å². The highest BCUT2D eigenvalue weighted by molar-refractivity contribution is 5.94. The third-order valence-corrected chi connectivity index (χ3v) is 6.42. The first-order valence-electron chi connectivity index (χ1n) is 11.8. The molecule has 0 unspecified atom stereocenters. The second-order valence-corrected chi connectivity index (χ2v) is 9.09. The van der Waals surface area contributed by atoms with E-state index in [1.165, 1.54) is 18.5 Å². The molecule has 5 rings (SSSR count). The number of hydrogen-bond donors (Lipinski definition) is 2. The molecule has 1 aliphatic carbocycles. The van der Waals surface area contributed by atoms with Gasteiger partial charge in [-0.05, 0) is 73.7 Å². The van der Waals surface area contributed by atoms with Gasteiger partial charge in [-0.2, -0.15) is 0 Å². The molecule has 0 bridgehead atoms. The molecule has 0 radical (unpaired) electrons. The lowest BCUT2D eigenvalue weighted by atomic mass is 10.1. The van der Waals surface area contributed by atoms with Gasteiger partial charge in [0.1, 0.15) is 17.6 Å². The highest BCUT2D eigenvalue weighted by atomic mass is 16.5. The number of nitrogens with one attached hydrogen (secondary N) is 2. The molecule has 33 heavy (non-hydrogen) atoms. The zero-order valence-corrected chi connectivity index (χ0v) is 19.0. The number of benzene rings is 2. The Labute approximate surface area is 194 Å². The van der Waals surface area contributed by atoms with Crippen LogP contribution in [0.3, 0.4) is 0 Å². The Hall–Kier alpha value is -3.41. The molecule has 3 aromatic rings. The summed E-state index contributed by atoms with van der Waals surface area (Å²) in [6.07, 6.45) is 7.20. The quantitative estimate of drug-likeness (QED) is 0.489. The average molecular weight is 446 g/mol. The van der Waals surface area contributed by atoms with Crippen molar-refractivity contribution in [3.05, 3.63) is 78.1 Å². The normalized spacial score (nSPS) is 18.7. The Morgan fingerprint density at radius 1 is 1.06 bits per heavy atom. The van der Waals surface area contributed by atoms with Crippen molar-refractivity contribution in [1.29, 1.82) is 0 Å². The number of rotatable bonds is 9. The standard InChI is InChI=1S/C27H31N3O3/c1-19(29-27(31)22-12-14-28-16-22)21-4-8-25(9-5-21)33-26-13-15-30(17-26)23-6-10-24(11-7-23)32-18-20-2-3-20/h4-12,14,16,19-20,26,28H,2-3,13,15,17-18H2,1H3,(H,29,31)/t19-,26+/m0/s1. The molecule has 1 saturated heterocycles. The molecule has 2 fully saturated rings. The molecule has 1 aliphatic heterocycles. The van der Waals surface area contributed by atoms with Crippen molar-refractivity contribution in [2.75, 3.05) is 24.6 Å².